The highest BCUT2D eigenvalue weighted by Crippen LogP contribution is 2.27. The zero-order chi connectivity index (χ0) is 23.3. The van der Waals surface area contributed by atoms with Crippen LogP contribution < -0.4 is 14.4 Å². The van der Waals surface area contributed by atoms with Gasteiger partial charge in [0, 0.05) is 16.8 Å². The Hall–Kier alpha value is -3.03. The number of benzene rings is 3. The fraction of sp³-hybridized carbons (Fsp3) is 0.208. The Morgan fingerprint density at radius 3 is 2.38 bits per heavy atom. The fourth-order valence-electron chi connectivity index (χ4n) is 3.09. The van der Waals surface area contributed by atoms with Crippen molar-refractivity contribution in [2.75, 3.05) is 22.8 Å². The molecule has 0 bridgehead atoms. The molecule has 0 saturated carbocycles. The molecule has 1 amide bonds. The zero-order valence-electron chi connectivity index (χ0n) is 18.1. The van der Waals surface area contributed by atoms with Gasteiger partial charge in [0.05, 0.1) is 17.2 Å². The first-order valence-electron chi connectivity index (χ1n) is 10.1. The van der Waals surface area contributed by atoms with Crippen LogP contribution in [0.1, 0.15) is 18.1 Å². The Labute approximate surface area is 193 Å². The number of hydrogen-bond acceptors (Lipinski definition) is 4. The van der Waals surface area contributed by atoms with E-state index >= 15 is 0 Å². The van der Waals surface area contributed by atoms with Crippen molar-refractivity contribution in [1.82, 2.24) is 0 Å². The lowest BCUT2D eigenvalue weighted by Crippen LogP contribution is -2.38. The molecular formula is C24H25ClN2O4S. The summed E-state index contributed by atoms with van der Waals surface area (Å²) in [5.74, 6) is 0.138. The van der Waals surface area contributed by atoms with E-state index in [-0.39, 0.29) is 4.90 Å². The number of carbonyl (C=O) groups excluding carboxylic acids is 1. The van der Waals surface area contributed by atoms with E-state index in [0.717, 1.165) is 15.4 Å². The van der Waals surface area contributed by atoms with Crippen molar-refractivity contribution in [2.24, 2.45) is 0 Å². The highest BCUT2D eigenvalue weighted by Gasteiger charge is 2.27. The van der Waals surface area contributed by atoms with Gasteiger partial charge in [-0.1, -0.05) is 23.7 Å². The minimum absolute atomic E-state index is 0.0475. The second-order valence-corrected chi connectivity index (χ2v) is 9.54. The first kappa shape index (κ1) is 23.6. The summed E-state index contributed by atoms with van der Waals surface area (Å²) in [6.45, 7) is 5.80. The number of rotatable bonds is 8. The zero-order valence-corrected chi connectivity index (χ0v) is 19.7. The molecule has 0 spiro atoms. The van der Waals surface area contributed by atoms with Crippen molar-refractivity contribution >= 4 is 38.9 Å². The Morgan fingerprint density at radius 2 is 1.72 bits per heavy atom. The molecule has 32 heavy (non-hydrogen) atoms. The van der Waals surface area contributed by atoms with Crippen molar-refractivity contribution in [3.8, 4) is 5.75 Å². The molecule has 0 aliphatic rings. The van der Waals surface area contributed by atoms with Crippen LogP contribution >= 0.6 is 11.6 Å². The van der Waals surface area contributed by atoms with Crippen LogP contribution in [-0.4, -0.2) is 27.5 Å². The first-order chi connectivity index (χ1) is 15.2. The van der Waals surface area contributed by atoms with Crippen LogP contribution in [0, 0.1) is 13.8 Å². The average molecular weight is 473 g/mol. The molecule has 3 rings (SSSR count). The van der Waals surface area contributed by atoms with Crippen LogP contribution in [0.5, 0.6) is 5.75 Å². The van der Waals surface area contributed by atoms with Gasteiger partial charge < -0.3 is 10.1 Å². The van der Waals surface area contributed by atoms with Crippen LogP contribution in [0.4, 0.5) is 11.4 Å². The molecule has 168 valence electrons. The molecule has 8 heteroatoms. The van der Waals surface area contributed by atoms with E-state index in [0.29, 0.717) is 28.8 Å². The van der Waals surface area contributed by atoms with Gasteiger partial charge in [-0.25, -0.2) is 8.42 Å². The largest absolute Gasteiger partial charge is 0.494 e. The van der Waals surface area contributed by atoms with Gasteiger partial charge >= 0.3 is 0 Å². The van der Waals surface area contributed by atoms with Crippen molar-refractivity contribution in [3.63, 3.8) is 0 Å². The second kappa shape index (κ2) is 10.1. The number of carbonyl (C=O) groups is 1. The van der Waals surface area contributed by atoms with E-state index in [1.807, 2.05) is 26.8 Å². The Bertz CT molecular complexity index is 1210. The van der Waals surface area contributed by atoms with Crippen molar-refractivity contribution in [2.45, 2.75) is 25.7 Å². The van der Waals surface area contributed by atoms with Crippen LogP contribution in [0.2, 0.25) is 5.02 Å². The predicted octanol–water partition coefficient (Wildman–Crippen LogP) is 5.19. The third kappa shape index (κ3) is 5.60. The lowest BCUT2D eigenvalue weighted by atomic mass is 10.1. The maximum atomic E-state index is 13.5. The molecule has 0 aliphatic heterocycles. The Morgan fingerprint density at radius 1 is 1.00 bits per heavy atom. The topological polar surface area (TPSA) is 75.7 Å². The molecule has 0 aliphatic carbocycles. The summed E-state index contributed by atoms with van der Waals surface area (Å²) in [4.78, 5) is 12.9. The van der Waals surface area contributed by atoms with Gasteiger partial charge in [-0.05, 0) is 80.4 Å². The van der Waals surface area contributed by atoms with E-state index in [1.165, 1.54) is 24.3 Å². The summed E-state index contributed by atoms with van der Waals surface area (Å²) < 4.78 is 33.5. The summed E-state index contributed by atoms with van der Waals surface area (Å²) in [5.41, 5.74) is 2.87. The van der Waals surface area contributed by atoms with E-state index in [1.54, 1.807) is 36.4 Å². The van der Waals surface area contributed by atoms with Gasteiger partial charge in [0.25, 0.3) is 10.0 Å². The SMILES string of the molecule is CCOc1cccc(NC(=O)CN(c2ccc(C)c(C)c2)S(=O)(=O)c2ccc(Cl)cc2)c1. The summed E-state index contributed by atoms with van der Waals surface area (Å²) in [5, 5.41) is 3.18. The van der Waals surface area contributed by atoms with Crippen molar-refractivity contribution in [1.29, 1.82) is 0 Å². The van der Waals surface area contributed by atoms with Gasteiger partial charge in [-0.3, -0.25) is 9.10 Å². The molecule has 3 aromatic carbocycles. The van der Waals surface area contributed by atoms with Crippen LogP contribution in [0.15, 0.2) is 71.6 Å². The van der Waals surface area contributed by atoms with Crippen LogP contribution in [-0.2, 0) is 14.8 Å². The van der Waals surface area contributed by atoms with Gasteiger partial charge in [0.2, 0.25) is 5.91 Å². The molecular weight excluding hydrogens is 448 g/mol. The molecule has 0 atom stereocenters. The first-order valence-corrected chi connectivity index (χ1v) is 11.9. The summed E-state index contributed by atoms with van der Waals surface area (Å²) in [7, 11) is -4.02. The minimum atomic E-state index is -4.02. The number of aryl methyl sites for hydroxylation is 2. The summed E-state index contributed by atoms with van der Waals surface area (Å²) in [6, 6.07) is 18.1. The average Bonchev–Trinajstić information content (AvgIpc) is 2.75. The lowest BCUT2D eigenvalue weighted by molar-refractivity contribution is -0.114. The Kier molecular flexibility index (Phi) is 7.43. The molecule has 6 nitrogen and oxygen atoms in total. The lowest BCUT2D eigenvalue weighted by Gasteiger charge is -2.25. The summed E-state index contributed by atoms with van der Waals surface area (Å²) in [6.07, 6.45) is 0. The second-order valence-electron chi connectivity index (χ2n) is 7.24. The Balaban J connectivity index is 1.93. The van der Waals surface area contributed by atoms with E-state index < -0.39 is 22.5 Å². The predicted molar refractivity (Wildman–Crippen MR) is 128 cm³/mol. The molecule has 0 aromatic heterocycles. The third-order valence-electron chi connectivity index (χ3n) is 4.90. The number of anilines is 2. The highest BCUT2D eigenvalue weighted by molar-refractivity contribution is 7.92. The maximum absolute atomic E-state index is 13.5. The normalized spacial score (nSPS) is 11.1. The van der Waals surface area contributed by atoms with E-state index in [4.69, 9.17) is 16.3 Å². The molecule has 0 fully saturated rings. The van der Waals surface area contributed by atoms with E-state index in [9.17, 15) is 13.2 Å². The molecule has 0 radical (unpaired) electrons. The van der Waals surface area contributed by atoms with Crippen LogP contribution in [0.25, 0.3) is 0 Å². The number of nitrogens with zero attached hydrogens (tertiary/aromatic N) is 1. The van der Waals surface area contributed by atoms with Gasteiger partial charge in [-0.2, -0.15) is 0 Å². The number of ether oxygens (including phenoxy) is 1. The number of nitrogens with one attached hydrogen (secondary N) is 1. The quantitative estimate of drug-likeness (QED) is 0.489. The number of sulfonamides is 1. The van der Waals surface area contributed by atoms with Crippen molar-refractivity contribution < 1.29 is 17.9 Å². The molecule has 0 saturated heterocycles. The van der Waals surface area contributed by atoms with Gasteiger partial charge in [0.15, 0.2) is 0 Å². The standard InChI is InChI=1S/C24H25ClN2O4S/c1-4-31-22-7-5-6-20(15-22)26-24(28)16-27(21-11-8-17(2)18(3)14-21)32(29,30)23-12-9-19(25)10-13-23/h5-15H,4,16H2,1-3H3,(H,26,28). The maximum Gasteiger partial charge on any atom is 0.264 e. The number of halogens is 1. The highest BCUT2D eigenvalue weighted by atomic mass is 35.5. The smallest absolute Gasteiger partial charge is 0.264 e. The van der Waals surface area contributed by atoms with E-state index in [2.05, 4.69) is 5.32 Å². The molecule has 1 N–H and O–H groups in total. The number of amides is 1. The van der Waals surface area contributed by atoms with Gasteiger partial charge in [-0.15, -0.1) is 0 Å². The molecule has 0 heterocycles. The van der Waals surface area contributed by atoms with Crippen molar-refractivity contribution in [3.05, 3.63) is 82.9 Å². The van der Waals surface area contributed by atoms with Crippen LogP contribution in [0.3, 0.4) is 0 Å². The fourth-order valence-corrected chi connectivity index (χ4v) is 4.63. The van der Waals surface area contributed by atoms with Gasteiger partial charge in [0.1, 0.15) is 12.3 Å². The number of hydrogen-bond donors (Lipinski definition) is 1. The minimum Gasteiger partial charge on any atom is -0.494 e. The third-order valence-corrected chi connectivity index (χ3v) is 6.94. The molecule has 0 unspecified atom stereocenters. The molecule has 3 aromatic rings. The monoisotopic (exact) mass is 472 g/mol. The summed E-state index contributed by atoms with van der Waals surface area (Å²) >= 11 is 5.92.